The molecule has 18 heavy (non-hydrogen) atoms. The van der Waals surface area contributed by atoms with Gasteiger partial charge in [0.1, 0.15) is 11.6 Å². The molecule has 0 heterocycles. The average molecular weight is 254 g/mol. The maximum Gasteiger partial charge on any atom is 0.304 e. The van der Waals surface area contributed by atoms with Crippen molar-refractivity contribution in [2.45, 2.75) is 39.0 Å². The number of hydrogen-bond donors (Lipinski definition) is 1. The lowest BCUT2D eigenvalue weighted by Crippen LogP contribution is -2.23. The van der Waals surface area contributed by atoms with Crippen LogP contribution in [-0.2, 0) is 16.6 Å². The third-order valence-corrected chi connectivity index (χ3v) is 3.07. The largest absolute Gasteiger partial charge is 0.496 e. The highest BCUT2D eigenvalue weighted by molar-refractivity contribution is 5.69. The van der Waals surface area contributed by atoms with Gasteiger partial charge in [0.05, 0.1) is 13.5 Å². The van der Waals surface area contributed by atoms with Gasteiger partial charge in [-0.1, -0.05) is 20.8 Å². The molecule has 0 aliphatic carbocycles. The molecule has 1 N–H and O–H groups in total. The van der Waals surface area contributed by atoms with Crippen LogP contribution in [0, 0.1) is 5.82 Å². The number of carboxylic acids is 1. The molecule has 1 aromatic carbocycles. The average Bonchev–Trinajstić information content (AvgIpc) is 2.26. The van der Waals surface area contributed by atoms with Crippen molar-refractivity contribution in [2.24, 2.45) is 0 Å². The highest BCUT2D eigenvalue weighted by Gasteiger charge is 2.28. The Morgan fingerprint density at radius 3 is 2.50 bits per heavy atom. The summed E-state index contributed by atoms with van der Waals surface area (Å²) in [6, 6.07) is 3.04. The van der Waals surface area contributed by atoms with E-state index in [1.54, 1.807) is 6.07 Å². The van der Waals surface area contributed by atoms with Gasteiger partial charge in [-0.05, 0) is 18.1 Å². The molecule has 0 spiro atoms. The van der Waals surface area contributed by atoms with Gasteiger partial charge in [-0.3, -0.25) is 4.79 Å². The molecular weight excluding hydrogens is 235 g/mol. The third kappa shape index (κ3) is 3.00. The Kier molecular flexibility index (Phi) is 4.33. The van der Waals surface area contributed by atoms with Crippen LogP contribution >= 0.6 is 0 Å². The van der Waals surface area contributed by atoms with E-state index in [0.717, 1.165) is 5.56 Å². The Morgan fingerprint density at radius 1 is 1.44 bits per heavy atom. The topological polar surface area (TPSA) is 46.5 Å². The van der Waals surface area contributed by atoms with Crippen LogP contribution < -0.4 is 4.74 Å². The van der Waals surface area contributed by atoms with Crippen LogP contribution in [0.15, 0.2) is 12.1 Å². The van der Waals surface area contributed by atoms with E-state index in [4.69, 9.17) is 9.84 Å². The molecular formula is C14H19FO3. The summed E-state index contributed by atoms with van der Waals surface area (Å²) in [6.45, 7) is 5.49. The highest BCUT2D eigenvalue weighted by atomic mass is 19.1. The number of benzene rings is 1. The molecule has 0 saturated carbocycles. The van der Waals surface area contributed by atoms with Gasteiger partial charge in [-0.2, -0.15) is 0 Å². The first-order valence-electron chi connectivity index (χ1n) is 5.90. The first-order valence-corrected chi connectivity index (χ1v) is 5.90. The van der Waals surface area contributed by atoms with E-state index in [-0.39, 0.29) is 12.2 Å². The lowest BCUT2D eigenvalue weighted by molar-refractivity contribution is -0.138. The molecule has 0 aliphatic rings. The minimum atomic E-state index is -0.885. The maximum atomic E-state index is 13.7. The number of aryl methyl sites for hydroxylation is 1. The molecule has 0 radical (unpaired) electrons. The van der Waals surface area contributed by atoms with Crippen LogP contribution in [0.4, 0.5) is 4.39 Å². The summed E-state index contributed by atoms with van der Waals surface area (Å²) >= 11 is 0. The number of methoxy groups -OCH3 is 1. The lowest BCUT2D eigenvalue weighted by atomic mass is 9.80. The normalized spacial score (nSPS) is 11.4. The second-order valence-corrected chi connectivity index (χ2v) is 4.95. The van der Waals surface area contributed by atoms with Crippen LogP contribution in [0.2, 0.25) is 0 Å². The lowest BCUT2D eigenvalue weighted by Gasteiger charge is -2.26. The van der Waals surface area contributed by atoms with Gasteiger partial charge in [0.15, 0.2) is 0 Å². The van der Waals surface area contributed by atoms with Crippen molar-refractivity contribution in [3.63, 3.8) is 0 Å². The fourth-order valence-corrected chi connectivity index (χ4v) is 2.04. The molecule has 4 heteroatoms. The van der Waals surface area contributed by atoms with E-state index in [2.05, 4.69) is 0 Å². The molecule has 0 aliphatic heterocycles. The fourth-order valence-electron chi connectivity index (χ4n) is 2.04. The minimum Gasteiger partial charge on any atom is -0.496 e. The van der Waals surface area contributed by atoms with Crippen molar-refractivity contribution >= 4 is 5.97 Å². The maximum absolute atomic E-state index is 13.7. The number of carboxylic acid groups (broad SMARTS) is 1. The first-order chi connectivity index (χ1) is 8.31. The second kappa shape index (κ2) is 5.38. The standard InChI is InChI=1S/C14H19FO3/c1-5-9-6-10(12(18-4)7-11(9)15)14(2,3)8-13(16)17/h6-7H,5,8H2,1-4H3,(H,16,17). The van der Waals surface area contributed by atoms with Gasteiger partial charge in [0.25, 0.3) is 0 Å². The molecule has 0 atom stereocenters. The van der Waals surface area contributed by atoms with Crippen molar-refractivity contribution < 1.29 is 19.0 Å². The number of ether oxygens (including phenoxy) is 1. The van der Waals surface area contributed by atoms with Crippen LogP contribution in [0.3, 0.4) is 0 Å². The predicted molar refractivity (Wildman–Crippen MR) is 67.6 cm³/mol. The van der Waals surface area contributed by atoms with E-state index in [0.29, 0.717) is 17.7 Å². The molecule has 0 saturated heterocycles. The molecule has 0 unspecified atom stereocenters. The van der Waals surface area contributed by atoms with Crippen molar-refractivity contribution in [2.75, 3.05) is 7.11 Å². The van der Waals surface area contributed by atoms with Crippen molar-refractivity contribution in [1.82, 2.24) is 0 Å². The zero-order valence-electron chi connectivity index (χ0n) is 11.2. The number of aliphatic carboxylic acids is 1. The predicted octanol–water partition coefficient (Wildman–Crippen LogP) is 3.15. The van der Waals surface area contributed by atoms with Crippen LogP contribution in [-0.4, -0.2) is 18.2 Å². The summed E-state index contributed by atoms with van der Waals surface area (Å²) in [7, 11) is 1.46. The smallest absolute Gasteiger partial charge is 0.304 e. The summed E-state index contributed by atoms with van der Waals surface area (Å²) in [5, 5.41) is 8.94. The van der Waals surface area contributed by atoms with E-state index in [9.17, 15) is 9.18 Å². The Morgan fingerprint density at radius 2 is 2.06 bits per heavy atom. The third-order valence-electron chi connectivity index (χ3n) is 3.07. The van der Waals surface area contributed by atoms with Gasteiger partial charge in [0, 0.05) is 17.0 Å². The quantitative estimate of drug-likeness (QED) is 0.878. The van der Waals surface area contributed by atoms with Crippen molar-refractivity contribution in [1.29, 1.82) is 0 Å². The Bertz CT molecular complexity index is 453. The number of rotatable bonds is 5. The van der Waals surface area contributed by atoms with E-state index in [1.165, 1.54) is 13.2 Å². The molecule has 100 valence electrons. The van der Waals surface area contributed by atoms with Gasteiger partial charge >= 0.3 is 5.97 Å². The van der Waals surface area contributed by atoms with Gasteiger partial charge in [-0.25, -0.2) is 4.39 Å². The van der Waals surface area contributed by atoms with Gasteiger partial charge < -0.3 is 9.84 Å². The summed E-state index contributed by atoms with van der Waals surface area (Å²) in [6.07, 6.45) is 0.532. The fraction of sp³-hybridized carbons (Fsp3) is 0.500. The monoisotopic (exact) mass is 254 g/mol. The Labute approximate surface area is 107 Å². The van der Waals surface area contributed by atoms with Gasteiger partial charge in [-0.15, -0.1) is 0 Å². The van der Waals surface area contributed by atoms with E-state index in [1.807, 2.05) is 20.8 Å². The highest BCUT2D eigenvalue weighted by Crippen LogP contribution is 2.36. The van der Waals surface area contributed by atoms with Crippen LogP contribution in [0.25, 0.3) is 0 Å². The van der Waals surface area contributed by atoms with E-state index >= 15 is 0 Å². The van der Waals surface area contributed by atoms with Crippen LogP contribution in [0.5, 0.6) is 5.75 Å². The summed E-state index contributed by atoms with van der Waals surface area (Å²) in [5.74, 6) is -0.801. The molecule has 0 amide bonds. The number of carbonyl (C=O) groups is 1. The Balaban J connectivity index is 3.32. The molecule has 1 aromatic rings. The zero-order chi connectivity index (χ0) is 13.9. The van der Waals surface area contributed by atoms with E-state index < -0.39 is 11.4 Å². The SMILES string of the molecule is CCc1cc(C(C)(C)CC(=O)O)c(OC)cc1F. The molecule has 3 nitrogen and oxygen atoms in total. The number of halogens is 1. The minimum absolute atomic E-state index is 0.0296. The summed E-state index contributed by atoms with van der Waals surface area (Å²) in [4.78, 5) is 10.9. The zero-order valence-corrected chi connectivity index (χ0v) is 11.2. The van der Waals surface area contributed by atoms with Crippen molar-refractivity contribution in [3.8, 4) is 5.75 Å². The molecule has 0 fully saturated rings. The first kappa shape index (κ1) is 14.5. The summed E-state index contributed by atoms with van der Waals surface area (Å²) < 4.78 is 18.8. The van der Waals surface area contributed by atoms with Gasteiger partial charge in [0.2, 0.25) is 0 Å². The Hall–Kier alpha value is -1.58. The van der Waals surface area contributed by atoms with Crippen LogP contribution in [0.1, 0.15) is 38.3 Å². The molecule has 0 bridgehead atoms. The van der Waals surface area contributed by atoms with Crippen molar-refractivity contribution in [3.05, 3.63) is 29.1 Å². The second-order valence-electron chi connectivity index (χ2n) is 4.95. The summed E-state index contributed by atoms with van der Waals surface area (Å²) in [5.41, 5.74) is 0.698. The number of hydrogen-bond acceptors (Lipinski definition) is 2. The molecule has 1 rings (SSSR count). The molecule has 0 aromatic heterocycles.